The van der Waals surface area contributed by atoms with Crippen LogP contribution in [0, 0.1) is 0 Å². The second-order valence-corrected chi connectivity index (χ2v) is 11.2. The first-order chi connectivity index (χ1) is 17.8. The number of ether oxygens (including phenoxy) is 1. The second kappa shape index (κ2) is 10.2. The zero-order valence-corrected chi connectivity index (χ0v) is 21.7. The fraction of sp³-hybridized carbons (Fsp3) is 0.111. The predicted molar refractivity (Wildman–Crippen MR) is 143 cm³/mol. The molecule has 0 saturated heterocycles. The quantitative estimate of drug-likeness (QED) is 0.277. The third kappa shape index (κ3) is 5.26. The molecule has 0 fully saturated rings. The Kier molecular flexibility index (Phi) is 6.79. The van der Waals surface area contributed by atoms with Crippen LogP contribution in [0.4, 0.5) is 5.13 Å². The van der Waals surface area contributed by atoms with E-state index in [-0.39, 0.29) is 11.4 Å². The minimum absolute atomic E-state index is 0.112. The van der Waals surface area contributed by atoms with E-state index in [1.807, 2.05) is 54.6 Å². The average molecular weight is 534 g/mol. The Morgan fingerprint density at radius 2 is 1.81 bits per heavy atom. The van der Waals surface area contributed by atoms with Crippen molar-refractivity contribution in [2.75, 3.05) is 19.5 Å². The number of thiazole rings is 1. The number of anilines is 1. The zero-order chi connectivity index (χ0) is 26.0. The summed E-state index contributed by atoms with van der Waals surface area (Å²) in [6, 6.07) is 22.6. The molecule has 0 radical (unpaired) electrons. The SMILES string of the molecule is COc1ccc2oc(-c3csc(NC(=O)c4ccc(S(=O)(=O)N(C)Cc5ccccc5)cc4)n3)cc2c1. The summed E-state index contributed by atoms with van der Waals surface area (Å²) in [5.41, 5.74) is 2.50. The number of carbonyl (C=O) groups is 1. The van der Waals surface area contributed by atoms with Crippen LogP contribution in [0.25, 0.3) is 22.4 Å². The molecule has 2 heterocycles. The lowest BCUT2D eigenvalue weighted by Crippen LogP contribution is -2.26. The molecule has 1 N–H and O–H groups in total. The van der Waals surface area contributed by atoms with E-state index in [1.165, 1.54) is 47.0 Å². The van der Waals surface area contributed by atoms with Crippen LogP contribution in [-0.4, -0.2) is 37.8 Å². The molecular formula is C27H23N3O5S2. The van der Waals surface area contributed by atoms with Gasteiger partial charge in [0.25, 0.3) is 5.91 Å². The third-order valence-corrected chi connectivity index (χ3v) is 8.35. The first-order valence-corrected chi connectivity index (χ1v) is 13.6. The molecule has 0 aliphatic carbocycles. The first-order valence-electron chi connectivity index (χ1n) is 11.3. The molecular weight excluding hydrogens is 510 g/mol. The predicted octanol–water partition coefficient (Wildman–Crippen LogP) is 5.64. The summed E-state index contributed by atoms with van der Waals surface area (Å²) in [5.74, 6) is 0.916. The van der Waals surface area contributed by atoms with Crippen molar-refractivity contribution in [3.63, 3.8) is 0 Å². The van der Waals surface area contributed by atoms with Crippen LogP contribution in [0.2, 0.25) is 0 Å². The summed E-state index contributed by atoms with van der Waals surface area (Å²) >= 11 is 1.27. The summed E-state index contributed by atoms with van der Waals surface area (Å²) in [7, 11) is -0.574. The number of aromatic nitrogens is 1. The fourth-order valence-electron chi connectivity index (χ4n) is 3.77. The van der Waals surface area contributed by atoms with Crippen molar-refractivity contribution >= 4 is 43.4 Å². The van der Waals surface area contributed by atoms with E-state index in [1.54, 1.807) is 12.5 Å². The Morgan fingerprint density at radius 3 is 2.54 bits per heavy atom. The van der Waals surface area contributed by atoms with Crippen molar-refractivity contribution in [3.05, 3.63) is 95.4 Å². The lowest BCUT2D eigenvalue weighted by molar-refractivity contribution is 0.102. The number of carbonyl (C=O) groups excluding carboxylic acids is 1. The fourth-order valence-corrected chi connectivity index (χ4v) is 5.63. The summed E-state index contributed by atoms with van der Waals surface area (Å²) in [4.78, 5) is 17.3. The Bertz CT molecular complexity index is 1660. The molecule has 0 bridgehead atoms. The lowest BCUT2D eigenvalue weighted by Gasteiger charge is -2.17. The van der Waals surface area contributed by atoms with E-state index >= 15 is 0 Å². The summed E-state index contributed by atoms with van der Waals surface area (Å²) in [5, 5.41) is 5.84. The molecule has 0 aliphatic heterocycles. The number of fused-ring (bicyclic) bond motifs is 1. The number of benzene rings is 3. The maximum absolute atomic E-state index is 12.9. The number of hydrogen-bond donors (Lipinski definition) is 1. The Balaban J connectivity index is 1.27. The van der Waals surface area contributed by atoms with Gasteiger partial charge in [0.15, 0.2) is 10.9 Å². The molecule has 1 amide bonds. The van der Waals surface area contributed by atoms with E-state index < -0.39 is 15.9 Å². The van der Waals surface area contributed by atoms with Crippen molar-refractivity contribution in [1.29, 1.82) is 0 Å². The van der Waals surface area contributed by atoms with Crippen LogP contribution in [-0.2, 0) is 16.6 Å². The number of amides is 1. The molecule has 37 heavy (non-hydrogen) atoms. The van der Waals surface area contributed by atoms with Gasteiger partial charge in [-0.1, -0.05) is 30.3 Å². The topological polar surface area (TPSA) is 102 Å². The van der Waals surface area contributed by atoms with Crippen molar-refractivity contribution < 1.29 is 22.4 Å². The van der Waals surface area contributed by atoms with Crippen LogP contribution in [0.15, 0.2) is 93.6 Å². The van der Waals surface area contributed by atoms with Crippen molar-refractivity contribution in [3.8, 4) is 17.2 Å². The number of nitrogens with zero attached hydrogens (tertiary/aromatic N) is 2. The van der Waals surface area contributed by atoms with Gasteiger partial charge in [0.05, 0.1) is 12.0 Å². The highest BCUT2D eigenvalue weighted by Gasteiger charge is 2.21. The van der Waals surface area contributed by atoms with Gasteiger partial charge in [-0.15, -0.1) is 11.3 Å². The van der Waals surface area contributed by atoms with Crippen molar-refractivity contribution in [2.45, 2.75) is 11.4 Å². The van der Waals surface area contributed by atoms with Gasteiger partial charge in [0, 0.05) is 29.9 Å². The molecule has 0 spiro atoms. The maximum atomic E-state index is 12.9. The van der Waals surface area contributed by atoms with Gasteiger partial charge in [0.1, 0.15) is 17.0 Å². The van der Waals surface area contributed by atoms with Gasteiger partial charge in [-0.25, -0.2) is 13.4 Å². The van der Waals surface area contributed by atoms with Crippen molar-refractivity contribution in [2.24, 2.45) is 0 Å². The normalized spacial score (nSPS) is 11.6. The Morgan fingerprint density at radius 1 is 1.05 bits per heavy atom. The Labute approximate surface area is 218 Å². The van der Waals surface area contributed by atoms with E-state index in [0.717, 1.165) is 16.7 Å². The van der Waals surface area contributed by atoms with E-state index in [2.05, 4.69) is 10.3 Å². The number of sulfonamides is 1. The number of nitrogens with one attached hydrogen (secondary N) is 1. The highest BCUT2D eigenvalue weighted by Crippen LogP contribution is 2.32. The molecule has 8 nitrogen and oxygen atoms in total. The number of methoxy groups -OCH3 is 1. The standard InChI is InChI=1S/C27H23N3O5S2/c1-30(16-18-6-4-3-5-7-18)37(32,33)22-11-8-19(9-12-22)26(31)29-27-28-23(17-36-27)25-15-20-14-21(34-2)10-13-24(20)35-25/h3-15,17H,16H2,1-2H3,(H,28,29,31). The van der Waals surface area contributed by atoms with Gasteiger partial charge in [0.2, 0.25) is 10.0 Å². The van der Waals surface area contributed by atoms with Gasteiger partial charge in [-0.05, 0) is 54.1 Å². The van der Waals surface area contributed by atoms with Crippen LogP contribution < -0.4 is 10.1 Å². The molecule has 5 aromatic rings. The molecule has 2 aromatic heterocycles. The second-order valence-electron chi connectivity index (χ2n) is 8.28. The van der Waals surface area contributed by atoms with Crippen LogP contribution >= 0.6 is 11.3 Å². The third-order valence-electron chi connectivity index (χ3n) is 5.77. The average Bonchev–Trinajstić information content (AvgIpc) is 3.55. The van der Waals surface area contributed by atoms with Gasteiger partial charge in [-0.2, -0.15) is 4.31 Å². The molecule has 10 heteroatoms. The summed E-state index contributed by atoms with van der Waals surface area (Å²) < 4.78 is 38.3. The number of furan rings is 1. The van der Waals surface area contributed by atoms with Gasteiger partial charge in [-0.3, -0.25) is 10.1 Å². The summed E-state index contributed by atoms with van der Waals surface area (Å²) in [6.45, 7) is 0.247. The Hall–Kier alpha value is -3.99. The van der Waals surface area contributed by atoms with E-state index in [9.17, 15) is 13.2 Å². The zero-order valence-electron chi connectivity index (χ0n) is 20.0. The minimum Gasteiger partial charge on any atom is -0.497 e. The van der Waals surface area contributed by atoms with Crippen molar-refractivity contribution in [1.82, 2.24) is 9.29 Å². The lowest BCUT2D eigenvalue weighted by atomic mass is 10.2. The van der Waals surface area contributed by atoms with Crippen LogP contribution in [0.5, 0.6) is 5.75 Å². The first kappa shape index (κ1) is 24.7. The summed E-state index contributed by atoms with van der Waals surface area (Å²) in [6.07, 6.45) is 0. The molecule has 0 aliphatic rings. The highest BCUT2D eigenvalue weighted by atomic mass is 32.2. The molecule has 3 aromatic carbocycles. The molecule has 0 atom stereocenters. The smallest absolute Gasteiger partial charge is 0.257 e. The highest BCUT2D eigenvalue weighted by molar-refractivity contribution is 7.89. The van der Waals surface area contributed by atoms with E-state index in [0.29, 0.717) is 27.7 Å². The maximum Gasteiger partial charge on any atom is 0.257 e. The van der Waals surface area contributed by atoms with Gasteiger partial charge >= 0.3 is 0 Å². The van der Waals surface area contributed by atoms with Crippen LogP contribution in [0.3, 0.4) is 0 Å². The molecule has 0 saturated carbocycles. The van der Waals surface area contributed by atoms with E-state index in [4.69, 9.17) is 9.15 Å². The van der Waals surface area contributed by atoms with Crippen LogP contribution in [0.1, 0.15) is 15.9 Å². The molecule has 0 unspecified atom stereocenters. The van der Waals surface area contributed by atoms with Gasteiger partial charge < -0.3 is 9.15 Å². The minimum atomic E-state index is -3.71. The number of rotatable bonds is 8. The monoisotopic (exact) mass is 533 g/mol. The largest absolute Gasteiger partial charge is 0.497 e. The molecule has 5 rings (SSSR count). The molecule has 188 valence electrons. The number of hydrogen-bond acceptors (Lipinski definition) is 7.